The Morgan fingerprint density at radius 2 is 1.59 bits per heavy atom. The summed E-state index contributed by atoms with van der Waals surface area (Å²) in [5.41, 5.74) is -2.97. The molecule has 4 aliphatic carbocycles. The second-order valence-electron chi connectivity index (χ2n) is 12.1. The molecule has 9 heteroatoms. The first-order valence-corrected chi connectivity index (χ1v) is 13.5. The smallest absolute Gasteiger partial charge is 0.303 e. The van der Waals surface area contributed by atoms with Gasteiger partial charge in [-0.05, 0) is 63.7 Å². The van der Waals surface area contributed by atoms with Crippen molar-refractivity contribution in [2.24, 2.45) is 34.5 Å². The van der Waals surface area contributed by atoms with Crippen LogP contribution in [-0.4, -0.2) is 66.4 Å². The maximum absolute atomic E-state index is 13.0. The number of aliphatic hydroxyl groups is 1. The zero-order valence-corrected chi connectivity index (χ0v) is 22.9. The Hall–Kier alpha value is -2.00. The quantitative estimate of drug-likeness (QED) is 0.414. The number of ether oxygens (including phenoxy) is 4. The van der Waals surface area contributed by atoms with Crippen LogP contribution in [0.3, 0.4) is 0 Å². The van der Waals surface area contributed by atoms with Gasteiger partial charge in [-0.15, -0.1) is 0 Å². The van der Waals surface area contributed by atoms with Gasteiger partial charge in [-0.2, -0.15) is 0 Å². The highest BCUT2D eigenvalue weighted by molar-refractivity contribution is 5.80. The first-order chi connectivity index (χ1) is 17.3. The van der Waals surface area contributed by atoms with Gasteiger partial charge in [0.1, 0.15) is 23.6 Å². The summed E-state index contributed by atoms with van der Waals surface area (Å²) in [4.78, 5) is 49.6. The maximum Gasteiger partial charge on any atom is 0.303 e. The van der Waals surface area contributed by atoms with Crippen molar-refractivity contribution < 1.29 is 43.2 Å². The topological polar surface area (TPSA) is 125 Å². The third-order valence-corrected chi connectivity index (χ3v) is 10.5. The molecule has 1 N–H and O–H groups in total. The van der Waals surface area contributed by atoms with Gasteiger partial charge in [0.05, 0.1) is 12.7 Å². The largest absolute Gasteiger partial charge is 0.465 e. The van der Waals surface area contributed by atoms with Gasteiger partial charge in [-0.1, -0.05) is 6.92 Å². The maximum atomic E-state index is 13.0. The molecule has 0 heterocycles. The monoisotopic (exact) mass is 522 g/mol. The number of rotatable bonds is 6. The molecular formula is C28H42O9. The van der Waals surface area contributed by atoms with Crippen LogP contribution in [0.15, 0.2) is 0 Å². The van der Waals surface area contributed by atoms with E-state index in [0.29, 0.717) is 32.1 Å². The highest BCUT2D eigenvalue weighted by Crippen LogP contribution is 2.70. The fourth-order valence-electron chi connectivity index (χ4n) is 8.99. The van der Waals surface area contributed by atoms with E-state index in [2.05, 4.69) is 6.92 Å². The Labute approximate surface area is 218 Å². The summed E-state index contributed by atoms with van der Waals surface area (Å²) >= 11 is 0. The van der Waals surface area contributed by atoms with E-state index in [-0.39, 0.29) is 36.8 Å². The molecule has 0 radical (unpaired) electrons. The van der Waals surface area contributed by atoms with Gasteiger partial charge in [0.25, 0.3) is 0 Å². The summed E-state index contributed by atoms with van der Waals surface area (Å²) in [5, 5.41) is 13.0. The van der Waals surface area contributed by atoms with Crippen LogP contribution in [0.1, 0.15) is 79.6 Å². The van der Waals surface area contributed by atoms with E-state index in [4.69, 9.17) is 18.9 Å². The molecule has 0 spiro atoms. The van der Waals surface area contributed by atoms with Crippen molar-refractivity contribution in [3.05, 3.63) is 0 Å². The lowest BCUT2D eigenvalue weighted by atomic mass is 9.40. The van der Waals surface area contributed by atoms with Crippen LogP contribution in [0.25, 0.3) is 0 Å². The Balaban J connectivity index is 1.90. The van der Waals surface area contributed by atoms with Crippen LogP contribution in [0.4, 0.5) is 0 Å². The molecule has 0 aromatic heterocycles. The van der Waals surface area contributed by atoms with Gasteiger partial charge in [0.15, 0.2) is 0 Å². The minimum atomic E-state index is -1.50. The Kier molecular flexibility index (Phi) is 7.54. The molecule has 0 aromatic rings. The van der Waals surface area contributed by atoms with Gasteiger partial charge in [0, 0.05) is 50.5 Å². The third kappa shape index (κ3) is 4.40. The standard InChI is InChI=1S/C28H42O9/c1-15(29)21-7-8-22-25-23(36-17(3)31)12-19-11-20(34-6)9-10-26(19,5)28(25,33)24(37-18(4)32)13-27(21,22)14-35-16(2)30/h19-25,33H,7-14H2,1-6H3/t19-,20+,21+,22-,23+,24+,25+,26-,27-,28+/m0/s1. The molecular weight excluding hydrogens is 480 g/mol. The number of carbonyl (C=O) groups excluding carboxylic acids is 4. The summed E-state index contributed by atoms with van der Waals surface area (Å²) in [7, 11) is 1.68. The fourth-order valence-corrected chi connectivity index (χ4v) is 8.99. The Morgan fingerprint density at radius 3 is 2.16 bits per heavy atom. The molecule has 4 fully saturated rings. The molecule has 0 aromatic carbocycles. The average molecular weight is 523 g/mol. The molecule has 0 bridgehead atoms. The first-order valence-electron chi connectivity index (χ1n) is 13.5. The second-order valence-corrected chi connectivity index (χ2v) is 12.1. The number of esters is 3. The molecule has 9 nitrogen and oxygen atoms in total. The van der Waals surface area contributed by atoms with E-state index < -0.39 is 58.4 Å². The summed E-state index contributed by atoms with van der Waals surface area (Å²) in [6.07, 6.45) is 2.48. The summed E-state index contributed by atoms with van der Waals surface area (Å²) in [5.74, 6) is -2.77. The van der Waals surface area contributed by atoms with Crippen LogP contribution in [-0.2, 0) is 38.1 Å². The van der Waals surface area contributed by atoms with E-state index in [1.165, 1.54) is 27.7 Å². The minimum Gasteiger partial charge on any atom is -0.465 e. The molecule has 4 aliphatic rings. The molecule has 0 aliphatic heterocycles. The SMILES string of the molecule is CO[C@@H]1CC[C@@]2(C)[C@@H](C1)C[C@@H](OC(C)=O)[C@H]1[C@@H]3CC[C@H](C(C)=O)[C@@]3(COC(C)=O)C[C@@H](OC(C)=O)[C@@]12O. The lowest BCUT2D eigenvalue weighted by Gasteiger charge is -2.68. The number of carbonyl (C=O) groups is 4. The van der Waals surface area contributed by atoms with Crippen molar-refractivity contribution in [3.8, 4) is 0 Å². The van der Waals surface area contributed by atoms with Crippen molar-refractivity contribution in [2.45, 2.75) is 103 Å². The molecule has 37 heavy (non-hydrogen) atoms. The number of fused-ring (bicyclic) bond motifs is 5. The number of Topliss-reactive ketones (excluding diaryl/α,β-unsaturated/α-hetero) is 1. The van der Waals surface area contributed by atoms with Gasteiger partial charge < -0.3 is 24.1 Å². The predicted octanol–water partition coefficient (Wildman–Crippen LogP) is 2.99. The van der Waals surface area contributed by atoms with Crippen molar-refractivity contribution in [2.75, 3.05) is 13.7 Å². The lowest BCUT2D eigenvalue weighted by Crippen LogP contribution is -2.76. The highest BCUT2D eigenvalue weighted by atomic mass is 16.6. The molecule has 0 unspecified atom stereocenters. The van der Waals surface area contributed by atoms with Crippen molar-refractivity contribution in [1.29, 1.82) is 0 Å². The van der Waals surface area contributed by atoms with Crippen LogP contribution in [0.5, 0.6) is 0 Å². The van der Waals surface area contributed by atoms with Crippen LogP contribution >= 0.6 is 0 Å². The highest BCUT2D eigenvalue weighted by Gasteiger charge is 2.75. The van der Waals surface area contributed by atoms with Gasteiger partial charge in [-0.3, -0.25) is 19.2 Å². The van der Waals surface area contributed by atoms with E-state index in [9.17, 15) is 24.3 Å². The van der Waals surface area contributed by atoms with Gasteiger partial charge in [-0.25, -0.2) is 0 Å². The first kappa shape index (κ1) is 28.0. The average Bonchev–Trinajstić information content (AvgIpc) is 3.17. The number of hydrogen-bond acceptors (Lipinski definition) is 9. The summed E-state index contributed by atoms with van der Waals surface area (Å²) in [6, 6.07) is 0. The Bertz CT molecular complexity index is 948. The zero-order chi connectivity index (χ0) is 27.3. The van der Waals surface area contributed by atoms with Crippen LogP contribution in [0, 0.1) is 34.5 Å². The summed E-state index contributed by atoms with van der Waals surface area (Å²) < 4.78 is 23.1. The van der Waals surface area contributed by atoms with E-state index >= 15 is 0 Å². The van der Waals surface area contributed by atoms with Crippen LogP contribution < -0.4 is 0 Å². The third-order valence-electron chi connectivity index (χ3n) is 10.5. The van der Waals surface area contributed by atoms with Crippen LogP contribution in [0.2, 0.25) is 0 Å². The molecule has 4 rings (SSSR count). The van der Waals surface area contributed by atoms with Crippen molar-refractivity contribution in [1.82, 2.24) is 0 Å². The molecule has 0 saturated heterocycles. The normalized spacial score (nSPS) is 44.6. The van der Waals surface area contributed by atoms with E-state index in [1.807, 2.05) is 0 Å². The Morgan fingerprint density at radius 1 is 0.919 bits per heavy atom. The number of hydrogen-bond donors (Lipinski definition) is 1. The number of methoxy groups -OCH3 is 1. The lowest BCUT2D eigenvalue weighted by molar-refractivity contribution is -0.314. The molecule has 208 valence electrons. The fraction of sp³-hybridized carbons (Fsp3) is 0.857. The molecule has 4 saturated carbocycles. The van der Waals surface area contributed by atoms with E-state index in [0.717, 1.165) is 6.42 Å². The van der Waals surface area contributed by atoms with Gasteiger partial charge >= 0.3 is 17.9 Å². The molecule has 0 amide bonds. The zero-order valence-electron chi connectivity index (χ0n) is 22.9. The minimum absolute atomic E-state index is 0.0136. The predicted molar refractivity (Wildman–Crippen MR) is 131 cm³/mol. The van der Waals surface area contributed by atoms with Crippen molar-refractivity contribution >= 4 is 23.7 Å². The van der Waals surface area contributed by atoms with Crippen molar-refractivity contribution in [3.63, 3.8) is 0 Å². The molecule has 10 atom stereocenters. The van der Waals surface area contributed by atoms with Gasteiger partial charge in [0.2, 0.25) is 0 Å². The number of ketones is 1. The van der Waals surface area contributed by atoms with E-state index in [1.54, 1.807) is 7.11 Å². The summed E-state index contributed by atoms with van der Waals surface area (Å²) in [6.45, 7) is 7.59. The second kappa shape index (κ2) is 9.95.